The Morgan fingerprint density at radius 1 is 1.29 bits per heavy atom. The number of carbonyl (C=O) groups is 1. The standard InChI is InChI=1S/C16H13BrFNOS/c17-9-7-8(1-2-10(9)18)14-15-11(3-4-13(15)20)19-12-5-6-21-16(12)14/h1-2,7,14,16H,3-6H2. The molecule has 21 heavy (non-hydrogen) atoms. The maximum Gasteiger partial charge on any atom is 0.161 e. The van der Waals surface area contributed by atoms with Gasteiger partial charge in [-0.25, -0.2) is 4.39 Å². The molecule has 0 spiro atoms. The van der Waals surface area contributed by atoms with Gasteiger partial charge >= 0.3 is 0 Å². The Labute approximate surface area is 135 Å². The zero-order valence-corrected chi connectivity index (χ0v) is 13.6. The minimum absolute atomic E-state index is 0.0342. The van der Waals surface area contributed by atoms with Crippen molar-refractivity contribution < 1.29 is 9.18 Å². The summed E-state index contributed by atoms with van der Waals surface area (Å²) in [4.78, 5) is 17.1. The maximum absolute atomic E-state index is 13.5. The molecule has 3 aliphatic rings. The van der Waals surface area contributed by atoms with Gasteiger partial charge in [0, 0.05) is 29.3 Å². The molecule has 0 amide bonds. The van der Waals surface area contributed by atoms with Crippen molar-refractivity contribution in [2.75, 3.05) is 5.75 Å². The van der Waals surface area contributed by atoms with E-state index in [0.717, 1.165) is 35.4 Å². The van der Waals surface area contributed by atoms with E-state index in [9.17, 15) is 9.18 Å². The summed E-state index contributed by atoms with van der Waals surface area (Å²) in [6, 6.07) is 5.10. The van der Waals surface area contributed by atoms with Crippen molar-refractivity contribution in [3.05, 3.63) is 45.3 Å². The number of allylic oxidation sites excluding steroid dienone is 2. The van der Waals surface area contributed by atoms with Crippen LogP contribution in [0.3, 0.4) is 0 Å². The number of rotatable bonds is 1. The van der Waals surface area contributed by atoms with Gasteiger partial charge in [0.15, 0.2) is 5.78 Å². The number of thioether (sulfide) groups is 1. The van der Waals surface area contributed by atoms with E-state index in [4.69, 9.17) is 4.99 Å². The van der Waals surface area contributed by atoms with Crippen LogP contribution in [0.5, 0.6) is 0 Å². The fraction of sp³-hybridized carbons (Fsp3) is 0.375. The second-order valence-electron chi connectivity index (χ2n) is 5.58. The molecule has 2 nitrogen and oxygen atoms in total. The molecule has 108 valence electrons. The second-order valence-corrected chi connectivity index (χ2v) is 7.68. The Morgan fingerprint density at radius 2 is 2.14 bits per heavy atom. The SMILES string of the molecule is O=C1CCC2=C1C(c1ccc(F)c(Br)c1)C1SCCC1=N2. The molecule has 1 fully saturated rings. The third-order valence-corrected chi connectivity index (χ3v) is 6.33. The van der Waals surface area contributed by atoms with Gasteiger partial charge in [-0.2, -0.15) is 11.8 Å². The van der Waals surface area contributed by atoms with E-state index in [1.165, 1.54) is 11.8 Å². The molecule has 2 atom stereocenters. The smallest absolute Gasteiger partial charge is 0.161 e. The minimum Gasteiger partial charge on any atom is -0.294 e. The van der Waals surface area contributed by atoms with Crippen molar-refractivity contribution in [3.8, 4) is 0 Å². The molecule has 4 rings (SSSR count). The maximum atomic E-state index is 13.5. The first-order chi connectivity index (χ1) is 10.1. The van der Waals surface area contributed by atoms with E-state index >= 15 is 0 Å². The lowest BCUT2D eigenvalue weighted by atomic mass is 9.82. The summed E-state index contributed by atoms with van der Waals surface area (Å²) in [5.74, 6) is 1.03. The molecular weight excluding hydrogens is 353 g/mol. The van der Waals surface area contributed by atoms with Crippen LogP contribution in [0, 0.1) is 5.82 Å². The van der Waals surface area contributed by atoms with Gasteiger partial charge in [-0.1, -0.05) is 6.07 Å². The van der Waals surface area contributed by atoms with Crippen LogP contribution in [0.2, 0.25) is 0 Å². The highest BCUT2D eigenvalue weighted by atomic mass is 79.9. The summed E-state index contributed by atoms with van der Waals surface area (Å²) in [5, 5.41) is 0.239. The first-order valence-electron chi connectivity index (χ1n) is 7.05. The van der Waals surface area contributed by atoms with Gasteiger partial charge in [0.2, 0.25) is 0 Å². The minimum atomic E-state index is -0.269. The fourth-order valence-corrected chi connectivity index (χ4v) is 5.27. The number of fused-ring (bicyclic) bond motifs is 1. The number of benzene rings is 1. The lowest BCUT2D eigenvalue weighted by Gasteiger charge is -2.29. The first kappa shape index (κ1) is 13.7. The van der Waals surface area contributed by atoms with E-state index in [1.54, 1.807) is 0 Å². The predicted octanol–water partition coefficient (Wildman–Crippen LogP) is 4.25. The van der Waals surface area contributed by atoms with Crippen LogP contribution < -0.4 is 0 Å². The largest absolute Gasteiger partial charge is 0.294 e. The topological polar surface area (TPSA) is 29.4 Å². The van der Waals surface area contributed by atoms with Crippen molar-refractivity contribution in [3.63, 3.8) is 0 Å². The lowest BCUT2D eigenvalue weighted by Crippen LogP contribution is -2.28. The van der Waals surface area contributed by atoms with Crippen LogP contribution in [0.25, 0.3) is 0 Å². The van der Waals surface area contributed by atoms with E-state index in [1.807, 2.05) is 23.9 Å². The molecule has 5 heteroatoms. The summed E-state index contributed by atoms with van der Waals surface area (Å²) in [5.41, 5.74) is 4.06. The van der Waals surface area contributed by atoms with Gasteiger partial charge in [-0.15, -0.1) is 0 Å². The average Bonchev–Trinajstić information content (AvgIpc) is 3.07. The van der Waals surface area contributed by atoms with Crippen LogP contribution in [0.4, 0.5) is 4.39 Å². The number of hydrogen-bond acceptors (Lipinski definition) is 3. The molecule has 0 radical (unpaired) electrons. The average molecular weight is 366 g/mol. The molecule has 1 aromatic carbocycles. The number of nitrogens with zero attached hydrogens (tertiary/aromatic N) is 1. The highest BCUT2D eigenvalue weighted by Crippen LogP contribution is 2.48. The van der Waals surface area contributed by atoms with Crippen LogP contribution in [-0.2, 0) is 4.79 Å². The van der Waals surface area contributed by atoms with Crippen LogP contribution >= 0.6 is 27.7 Å². The summed E-state index contributed by atoms with van der Waals surface area (Å²) < 4.78 is 14.0. The van der Waals surface area contributed by atoms with Crippen LogP contribution in [0.1, 0.15) is 30.7 Å². The normalized spacial score (nSPS) is 27.7. The molecule has 2 heterocycles. The van der Waals surface area contributed by atoms with E-state index in [-0.39, 0.29) is 22.8 Å². The van der Waals surface area contributed by atoms with Gasteiger partial charge in [0.1, 0.15) is 5.82 Å². The van der Waals surface area contributed by atoms with Gasteiger partial charge in [-0.05, 0) is 52.2 Å². The highest BCUT2D eigenvalue weighted by Gasteiger charge is 2.43. The monoisotopic (exact) mass is 365 g/mol. The number of aliphatic imine (C=N–C) groups is 1. The Bertz CT molecular complexity index is 712. The zero-order chi connectivity index (χ0) is 14.6. The van der Waals surface area contributed by atoms with E-state index in [2.05, 4.69) is 15.9 Å². The van der Waals surface area contributed by atoms with E-state index < -0.39 is 0 Å². The lowest BCUT2D eigenvalue weighted by molar-refractivity contribution is -0.115. The quantitative estimate of drug-likeness (QED) is 0.744. The number of carbonyl (C=O) groups excluding carboxylic acids is 1. The molecule has 2 unspecified atom stereocenters. The van der Waals surface area contributed by atoms with Gasteiger partial charge < -0.3 is 0 Å². The Morgan fingerprint density at radius 3 is 2.95 bits per heavy atom. The molecule has 1 aromatic rings. The Hall–Kier alpha value is -0.940. The van der Waals surface area contributed by atoms with Crippen molar-refractivity contribution in [1.82, 2.24) is 0 Å². The number of hydrogen-bond donors (Lipinski definition) is 0. The fourth-order valence-electron chi connectivity index (χ4n) is 3.44. The first-order valence-corrected chi connectivity index (χ1v) is 8.89. The third kappa shape index (κ3) is 2.13. The number of halogens is 2. The Balaban J connectivity index is 1.86. The molecule has 0 N–H and O–H groups in total. The van der Waals surface area contributed by atoms with Crippen molar-refractivity contribution in [2.45, 2.75) is 30.4 Å². The summed E-state index contributed by atoms with van der Waals surface area (Å²) >= 11 is 5.12. The van der Waals surface area contributed by atoms with Crippen LogP contribution in [0.15, 0.2) is 38.9 Å². The summed E-state index contributed by atoms with van der Waals surface area (Å²) in [6.07, 6.45) is 2.32. The van der Waals surface area contributed by atoms with Crippen LogP contribution in [-0.4, -0.2) is 22.5 Å². The van der Waals surface area contributed by atoms with Gasteiger partial charge in [-0.3, -0.25) is 9.79 Å². The molecular formula is C16H13BrFNOS. The van der Waals surface area contributed by atoms with E-state index in [0.29, 0.717) is 10.9 Å². The molecule has 0 aromatic heterocycles. The predicted molar refractivity (Wildman–Crippen MR) is 86.4 cm³/mol. The molecule has 2 aliphatic heterocycles. The number of Topliss-reactive ketones (excluding diaryl/α,β-unsaturated/α-hetero) is 1. The molecule has 0 bridgehead atoms. The molecule has 0 saturated carbocycles. The molecule has 1 aliphatic carbocycles. The highest BCUT2D eigenvalue weighted by molar-refractivity contribution is 9.10. The Kier molecular flexibility index (Phi) is 3.30. The molecule has 1 saturated heterocycles. The zero-order valence-electron chi connectivity index (χ0n) is 11.2. The van der Waals surface area contributed by atoms with Gasteiger partial charge in [0.05, 0.1) is 9.72 Å². The van der Waals surface area contributed by atoms with Crippen molar-refractivity contribution in [2.24, 2.45) is 4.99 Å². The van der Waals surface area contributed by atoms with Gasteiger partial charge in [0.25, 0.3) is 0 Å². The summed E-state index contributed by atoms with van der Waals surface area (Å²) in [6.45, 7) is 0. The van der Waals surface area contributed by atoms with Crippen molar-refractivity contribution >= 4 is 39.2 Å². The van der Waals surface area contributed by atoms with Crippen molar-refractivity contribution in [1.29, 1.82) is 0 Å². The summed E-state index contributed by atoms with van der Waals surface area (Å²) in [7, 11) is 0. The second kappa shape index (κ2) is 5.06. The number of ketones is 1. The third-order valence-electron chi connectivity index (χ3n) is 4.38.